The Hall–Kier alpha value is -3.61. The van der Waals surface area contributed by atoms with Crippen LogP contribution >= 0.6 is 0 Å². The van der Waals surface area contributed by atoms with Crippen LogP contribution in [0.2, 0.25) is 0 Å². The topological polar surface area (TPSA) is 90.9 Å². The van der Waals surface area contributed by atoms with Crippen LogP contribution in [0.1, 0.15) is 29.8 Å². The Bertz CT molecular complexity index is 871. The predicted octanol–water partition coefficient (Wildman–Crippen LogP) is 3.46. The lowest BCUT2D eigenvalue weighted by Gasteiger charge is -2.12. The van der Waals surface area contributed by atoms with Crippen molar-refractivity contribution in [2.24, 2.45) is 0 Å². The van der Waals surface area contributed by atoms with Gasteiger partial charge in [0.2, 0.25) is 0 Å². The van der Waals surface area contributed by atoms with E-state index in [-0.39, 0.29) is 0 Å². The molecular weight excluding hydrogens is 374 g/mol. The van der Waals surface area contributed by atoms with Gasteiger partial charge in [0.25, 0.3) is 5.91 Å². The molecule has 0 spiro atoms. The number of hydrogen-bond acceptors (Lipinski definition) is 6. The SMILES string of the molecule is CCOc1ccc(NC(=O)[C@H](C)OC(=O)/C=C/c2ccc(C(=O)OC)cc2)cc1. The molecule has 0 bridgehead atoms. The normalized spacial score (nSPS) is 11.6. The summed E-state index contributed by atoms with van der Waals surface area (Å²) >= 11 is 0. The zero-order valence-corrected chi connectivity index (χ0v) is 16.5. The van der Waals surface area contributed by atoms with E-state index < -0.39 is 23.9 Å². The standard InChI is InChI=1S/C22H23NO6/c1-4-28-19-12-10-18(11-13-19)23-21(25)15(2)29-20(24)14-7-16-5-8-17(9-6-16)22(26)27-3/h5-15H,4H2,1-3H3,(H,23,25)/b14-7+/t15-/m0/s1. The smallest absolute Gasteiger partial charge is 0.337 e. The molecule has 0 radical (unpaired) electrons. The van der Waals surface area contributed by atoms with Gasteiger partial charge in [-0.25, -0.2) is 9.59 Å². The van der Waals surface area contributed by atoms with E-state index in [0.717, 1.165) is 0 Å². The molecule has 0 aromatic heterocycles. The van der Waals surface area contributed by atoms with E-state index >= 15 is 0 Å². The number of methoxy groups -OCH3 is 1. The van der Waals surface area contributed by atoms with Crippen molar-refractivity contribution < 1.29 is 28.6 Å². The first-order valence-corrected chi connectivity index (χ1v) is 9.03. The van der Waals surface area contributed by atoms with Crippen molar-refractivity contribution in [3.8, 4) is 5.75 Å². The fourth-order valence-electron chi connectivity index (χ4n) is 2.32. The summed E-state index contributed by atoms with van der Waals surface area (Å²) in [6.07, 6.45) is 1.77. The molecule has 0 saturated carbocycles. The quantitative estimate of drug-likeness (QED) is 0.542. The number of nitrogens with one attached hydrogen (secondary N) is 1. The molecule has 0 fully saturated rings. The summed E-state index contributed by atoms with van der Waals surface area (Å²) in [7, 11) is 1.30. The summed E-state index contributed by atoms with van der Waals surface area (Å²) in [6.45, 7) is 3.93. The molecule has 2 aromatic rings. The van der Waals surface area contributed by atoms with E-state index in [2.05, 4.69) is 10.1 Å². The number of benzene rings is 2. The molecule has 1 N–H and O–H groups in total. The fraction of sp³-hybridized carbons (Fsp3) is 0.227. The number of carbonyl (C=O) groups excluding carboxylic acids is 3. The zero-order valence-electron chi connectivity index (χ0n) is 16.5. The maximum atomic E-state index is 12.2. The van der Waals surface area contributed by atoms with Crippen molar-refractivity contribution in [1.82, 2.24) is 0 Å². The van der Waals surface area contributed by atoms with Crippen LogP contribution in [0.5, 0.6) is 5.75 Å². The van der Waals surface area contributed by atoms with Crippen LogP contribution in [0, 0.1) is 0 Å². The molecule has 1 amide bonds. The molecule has 7 nitrogen and oxygen atoms in total. The molecule has 0 heterocycles. The number of anilines is 1. The maximum absolute atomic E-state index is 12.2. The Morgan fingerprint density at radius 3 is 2.28 bits per heavy atom. The van der Waals surface area contributed by atoms with Crippen molar-refractivity contribution in [1.29, 1.82) is 0 Å². The van der Waals surface area contributed by atoms with E-state index in [1.807, 2.05) is 6.92 Å². The molecule has 1 atom stereocenters. The Labute approximate surface area is 169 Å². The molecule has 2 rings (SSSR count). The fourth-order valence-corrected chi connectivity index (χ4v) is 2.32. The third-order valence-corrected chi connectivity index (χ3v) is 3.84. The second kappa shape index (κ2) is 10.7. The molecule has 152 valence electrons. The van der Waals surface area contributed by atoms with Crippen LogP contribution in [0.25, 0.3) is 6.08 Å². The number of carbonyl (C=O) groups is 3. The minimum absolute atomic E-state index is 0.409. The van der Waals surface area contributed by atoms with Gasteiger partial charge < -0.3 is 19.5 Å². The lowest BCUT2D eigenvalue weighted by Crippen LogP contribution is -2.29. The van der Waals surface area contributed by atoms with Gasteiger partial charge in [-0.05, 0) is 61.9 Å². The average Bonchev–Trinajstić information content (AvgIpc) is 2.73. The molecular formula is C22H23NO6. The van der Waals surface area contributed by atoms with E-state index in [9.17, 15) is 14.4 Å². The van der Waals surface area contributed by atoms with Crippen LogP contribution in [0.4, 0.5) is 5.69 Å². The first-order chi connectivity index (χ1) is 13.9. The Balaban J connectivity index is 1.86. The minimum atomic E-state index is -0.972. The average molecular weight is 397 g/mol. The van der Waals surface area contributed by atoms with Gasteiger partial charge in [-0.15, -0.1) is 0 Å². The van der Waals surface area contributed by atoms with Crippen molar-refractivity contribution in [2.75, 3.05) is 19.0 Å². The number of amides is 1. The van der Waals surface area contributed by atoms with Gasteiger partial charge in [0.1, 0.15) is 5.75 Å². The molecule has 0 saturated heterocycles. The third-order valence-electron chi connectivity index (χ3n) is 3.84. The number of rotatable bonds is 8. The highest BCUT2D eigenvalue weighted by Crippen LogP contribution is 2.16. The van der Waals surface area contributed by atoms with Crippen LogP contribution in [-0.2, 0) is 19.1 Å². The summed E-state index contributed by atoms with van der Waals surface area (Å²) in [6, 6.07) is 13.4. The Kier molecular flexibility index (Phi) is 7.97. The molecule has 0 aliphatic heterocycles. The zero-order chi connectivity index (χ0) is 21.2. The summed E-state index contributed by atoms with van der Waals surface area (Å²) in [5, 5.41) is 2.67. The van der Waals surface area contributed by atoms with E-state index in [1.54, 1.807) is 48.5 Å². The summed E-state index contributed by atoms with van der Waals surface area (Å²) < 4.78 is 15.1. The van der Waals surface area contributed by atoms with Crippen LogP contribution in [-0.4, -0.2) is 37.7 Å². The monoisotopic (exact) mass is 397 g/mol. The van der Waals surface area contributed by atoms with Gasteiger partial charge in [-0.2, -0.15) is 0 Å². The number of ether oxygens (including phenoxy) is 3. The third kappa shape index (κ3) is 6.80. The van der Waals surface area contributed by atoms with Gasteiger partial charge in [0.15, 0.2) is 6.10 Å². The molecule has 0 unspecified atom stereocenters. The first kappa shape index (κ1) is 21.7. The van der Waals surface area contributed by atoms with Crippen molar-refractivity contribution >= 4 is 29.6 Å². The highest BCUT2D eigenvalue weighted by Gasteiger charge is 2.16. The highest BCUT2D eigenvalue weighted by atomic mass is 16.5. The van der Waals surface area contributed by atoms with Crippen LogP contribution in [0.15, 0.2) is 54.6 Å². The Morgan fingerprint density at radius 2 is 1.69 bits per heavy atom. The molecule has 0 aliphatic rings. The highest BCUT2D eigenvalue weighted by molar-refractivity contribution is 5.96. The van der Waals surface area contributed by atoms with Crippen molar-refractivity contribution in [2.45, 2.75) is 20.0 Å². The van der Waals surface area contributed by atoms with Crippen molar-refractivity contribution in [3.63, 3.8) is 0 Å². The van der Waals surface area contributed by atoms with Gasteiger partial charge in [-0.1, -0.05) is 12.1 Å². The van der Waals surface area contributed by atoms with Gasteiger partial charge in [-0.3, -0.25) is 4.79 Å². The molecule has 0 aliphatic carbocycles. The number of esters is 2. The lowest BCUT2D eigenvalue weighted by molar-refractivity contribution is -0.148. The van der Waals surface area contributed by atoms with E-state index in [1.165, 1.54) is 26.2 Å². The Morgan fingerprint density at radius 1 is 1.03 bits per heavy atom. The summed E-state index contributed by atoms with van der Waals surface area (Å²) in [5.74, 6) is -0.836. The second-order valence-electron chi connectivity index (χ2n) is 5.97. The predicted molar refractivity (Wildman–Crippen MR) is 109 cm³/mol. The molecule has 2 aromatic carbocycles. The summed E-state index contributed by atoms with van der Waals surface area (Å²) in [5.41, 5.74) is 1.68. The minimum Gasteiger partial charge on any atom is -0.494 e. The molecule has 7 heteroatoms. The molecule has 29 heavy (non-hydrogen) atoms. The summed E-state index contributed by atoms with van der Waals surface area (Å²) in [4.78, 5) is 35.5. The van der Waals surface area contributed by atoms with Gasteiger partial charge in [0.05, 0.1) is 19.3 Å². The van der Waals surface area contributed by atoms with Crippen molar-refractivity contribution in [3.05, 3.63) is 65.7 Å². The van der Waals surface area contributed by atoms with E-state index in [4.69, 9.17) is 9.47 Å². The van der Waals surface area contributed by atoms with Crippen LogP contribution < -0.4 is 10.1 Å². The van der Waals surface area contributed by atoms with E-state index in [0.29, 0.717) is 29.2 Å². The van der Waals surface area contributed by atoms with Gasteiger partial charge >= 0.3 is 11.9 Å². The lowest BCUT2D eigenvalue weighted by atomic mass is 10.1. The first-order valence-electron chi connectivity index (χ1n) is 9.03. The second-order valence-corrected chi connectivity index (χ2v) is 5.97. The van der Waals surface area contributed by atoms with Gasteiger partial charge in [0, 0.05) is 11.8 Å². The maximum Gasteiger partial charge on any atom is 0.337 e. The number of hydrogen-bond donors (Lipinski definition) is 1. The largest absolute Gasteiger partial charge is 0.494 e. The van der Waals surface area contributed by atoms with Crippen LogP contribution in [0.3, 0.4) is 0 Å².